The predicted molar refractivity (Wildman–Crippen MR) is 117 cm³/mol. The molecule has 2 amide bonds. The number of halogens is 1. The highest BCUT2D eigenvalue weighted by atomic mass is 32.2. The Kier molecular flexibility index (Phi) is 6.49. The number of aromatic hydroxyl groups is 1. The lowest BCUT2D eigenvalue weighted by Gasteiger charge is -2.19. The molecular formula is C21H24FN5O4S. The smallest absolute Gasteiger partial charge is 0.333 e. The first-order valence-electron chi connectivity index (χ1n) is 9.85. The van der Waals surface area contributed by atoms with Gasteiger partial charge in [-0.3, -0.25) is 4.68 Å². The summed E-state index contributed by atoms with van der Waals surface area (Å²) in [6.45, 7) is 7.29. The van der Waals surface area contributed by atoms with Crippen LogP contribution in [0.4, 0.5) is 14.9 Å². The van der Waals surface area contributed by atoms with E-state index in [1.807, 2.05) is 18.6 Å². The normalized spacial score (nSPS) is 11.7. The highest BCUT2D eigenvalue weighted by molar-refractivity contribution is 7.90. The summed E-state index contributed by atoms with van der Waals surface area (Å²) in [6.07, 6.45) is 2.84. The summed E-state index contributed by atoms with van der Waals surface area (Å²) in [6, 6.07) is 5.52. The second kappa shape index (κ2) is 8.95. The number of amides is 2. The molecule has 1 aromatic carbocycles. The number of hydrogen-bond acceptors (Lipinski definition) is 6. The van der Waals surface area contributed by atoms with Gasteiger partial charge < -0.3 is 10.4 Å². The SMILES string of the molecule is CC(C)c1cc(F)cc(-c2ccnc(O)c2)c1NC(=O)NS(=O)(=O)c1ccn(C(C)C)n1. The number of rotatable bonds is 6. The molecule has 0 bridgehead atoms. The highest BCUT2D eigenvalue weighted by Gasteiger charge is 2.24. The summed E-state index contributed by atoms with van der Waals surface area (Å²) in [5.41, 5.74) is 1.33. The lowest BCUT2D eigenvalue weighted by molar-refractivity contribution is 0.256. The van der Waals surface area contributed by atoms with Crippen LogP contribution in [0.3, 0.4) is 0 Å². The number of urea groups is 1. The number of carbonyl (C=O) groups excluding carboxylic acids is 1. The minimum atomic E-state index is -4.24. The van der Waals surface area contributed by atoms with Gasteiger partial charge >= 0.3 is 6.03 Å². The van der Waals surface area contributed by atoms with Crippen molar-refractivity contribution < 1.29 is 22.7 Å². The Bertz CT molecular complexity index is 1250. The van der Waals surface area contributed by atoms with Crippen LogP contribution >= 0.6 is 0 Å². The second-order valence-electron chi connectivity index (χ2n) is 7.76. The molecule has 0 radical (unpaired) electrons. The van der Waals surface area contributed by atoms with Gasteiger partial charge in [-0.2, -0.15) is 13.5 Å². The first-order valence-corrected chi connectivity index (χ1v) is 11.3. The van der Waals surface area contributed by atoms with Crippen molar-refractivity contribution in [2.45, 2.75) is 44.7 Å². The van der Waals surface area contributed by atoms with Gasteiger partial charge in [0.1, 0.15) is 5.82 Å². The maximum atomic E-state index is 14.3. The van der Waals surface area contributed by atoms with Gasteiger partial charge in [0.25, 0.3) is 10.0 Å². The maximum Gasteiger partial charge on any atom is 0.333 e. The van der Waals surface area contributed by atoms with Crippen molar-refractivity contribution in [3.8, 4) is 17.0 Å². The van der Waals surface area contributed by atoms with Crippen LogP contribution < -0.4 is 10.0 Å². The molecule has 2 heterocycles. The van der Waals surface area contributed by atoms with Crippen molar-refractivity contribution >= 4 is 21.7 Å². The van der Waals surface area contributed by atoms with Crippen LogP contribution in [0.1, 0.15) is 45.2 Å². The zero-order valence-electron chi connectivity index (χ0n) is 18.0. The van der Waals surface area contributed by atoms with Crippen molar-refractivity contribution in [3.63, 3.8) is 0 Å². The van der Waals surface area contributed by atoms with E-state index < -0.39 is 21.9 Å². The average Bonchev–Trinajstić information content (AvgIpc) is 3.20. The third-order valence-corrected chi connectivity index (χ3v) is 5.89. The van der Waals surface area contributed by atoms with Crippen LogP contribution in [0.25, 0.3) is 11.1 Å². The topological polar surface area (TPSA) is 126 Å². The van der Waals surface area contributed by atoms with Gasteiger partial charge in [0, 0.05) is 30.1 Å². The molecule has 3 N–H and O–H groups in total. The van der Waals surface area contributed by atoms with Crippen molar-refractivity contribution in [2.24, 2.45) is 0 Å². The van der Waals surface area contributed by atoms with Gasteiger partial charge in [0.05, 0.1) is 5.69 Å². The fraction of sp³-hybridized carbons (Fsp3) is 0.286. The van der Waals surface area contributed by atoms with E-state index >= 15 is 0 Å². The summed E-state index contributed by atoms with van der Waals surface area (Å²) in [7, 11) is -4.24. The quantitative estimate of drug-likeness (QED) is 0.509. The lowest BCUT2D eigenvalue weighted by atomic mass is 9.94. The fourth-order valence-corrected chi connectivity index (χ4v) is 3.94. The number of sulfonamides is 1. The Morgan fingerprint density at radius 1 is 1.16 bits per heavy atom. The largest absolute Gasteiger partial charge is 0.493 e. The zero-order valence-corrected chi connectivity index (χ0v) is 18.8. The molecule has 32 heavy (non-hydrogen) atoms. The second-order valence-corrected chi connectivity index (χ2v) is 9.39. The van der Waals surface area contributed by atoms with E-state index in [0.29, 0.717) is 11.1 Å². The molecule has 0 aliphatic heterocycles. The van der Waals surface area contributed by atoms with Crippen molar-refractivity contribution in [2.75, 3.05) is 5.32 Å². The van der Waals surface area contributed by atoms with Gasteiger partial charge in [-0.15, -0.1) is 0 Å². The Balaban J connectivity index is 1.97. The molecular weight excluding hydrogens is 437 g/mol. The van der Waals surface area contributed by atoms with Gasteiger partial charge in [0.15, 0.2) is 5.03 Å². The monoisotopic (exact) mass is 461 g/mol. The number of nitrogens with zero attached hydrogens (tertiary/aromatic N) is 3. The van der Waals surface area contributed by atoms with Gasteiger partial charge in [0.2, 0.25) is 5.88 Å². The average molecular weight is 462 g/mol. The first-order chi connectivity index (χ1) is 15.0. The molecule has 9 nitrogen and oxygen atoms in total. The van der Waals surface area contributed by atoms with E-state index in [0.717, 1.165) is 0 Å². The van der Waals surface area contributed by atoms with E-state index in [1.54, 1.807) is 13.8 Å². The number of anilines is 1. The summed E-state index contributed by atoms with van der Waals surface area (Å²) in [5, 5.41) is 15.9. The standard InChI is InChI=1S/C21H24FN5O4S/c1-12(2)16-10-15(22)11-17(14-5-7-23-18(28)9-14)20(16)24-21(29)26-32(30,31)19-6-8-27(25-19)13(3)4/h5-13H,1-4H3,(H,23,28)(H2,24,26,29). The van der Waals surface area contributed by atoms with Crippen LogP contribution in [0, 0.1) is 5.82 Å². The molecule has 0 spiro atoms. The number of nitrogens with one attached hydrogen (secondary N) is 2. The molecule has 0 saturated heterocycles. The van der Waals surface area contributed by atoms with Crippen LogP contribution in [-0.2, 0) is 10.0 Å². The third kappa shape index (κ3) is 5.05. The number of hydrogen-bond donors (Lipinski definition) is 3. The molecule has 3 aromatic rings. The highest BCUT2D eigenvalue weighted by Crippen LogP contribution is 2.36. The molecule has 0 unspecified atom stereocenters. The molecule has 11 heteroatoms. The number of pyridine rings is 1. The van der Waals surface area contributed by atoms with Crippen LogP contribution in [0.2, 0.25) is 0 Å². The molecule has 0 aliphatic carbocycles. The van der Waals surface area contributed by atoms with Gasteiger partial charge in [-0.25, -0.2) is 18.9 Å². The number of carbonyl (C=O) groups is 1. The third-order valence-electron chi connectivity index (χ3n) is 4.67. The number of benzene rings is 1. The van der Waals surface area contributed by atoms with E-state index in [2.05, 4.69) is 15.4 Å². The summed E-state index contributed by atoms with van der Waals surface area (Å²) < 4.78 is 42.9. The van der Waals surface area contributed by atoms with E-state index in [4.69, 9.17) is 0 Å². The predicted octanol–water partition coefficient (Wildman–Crippen LogP) is 4.00. The lowest BCUT2D eigenvalue weighted by Crippen LogP contribution is -2.35. The van der Waals surface area contributed by atoms with Gasteiger partial charge in [-0.05, 0) is 55.2 Å². The minimum Gasteiger partial charge on any atom is -0.493 e. The molecule has 0 atom stereocenters. The van der Waals surface area contributed by atoms with E-state index in [-0.39, 0.29) is 34.1 Å². The summed E-state index contributed by atoms with van der Waals surface area (Å²) in [5.74, 6) is -1.03. The Labute approximate surface area is 185 Å². The Hall–Kier alpha value is -3.47. The molecule has 0 aliphatic rings. The Morgan fingerprint density at radius 2 is 1.88 bits per heavy atom. The van der Waals surface area contributed by atoms with Gasteiger partial charge in [-0.1, -0.05) is 13.8 Å². The minimum absolute atomic E-state index is 0.0556. The van der Waals surface area contributed by atoms with Crippen LogP contribution in [-0.4, -0.2) is 34.3 Å². The molecule has 170 valence electrons. The van der Waals surface area contributed by atoms with E-state index in [9.17, 15) is 22.7 Å². The fourth-order valence-electron chi connectivity index (χ4n) is 3.10. The maximum absolute atomic E-state index is 14.3. The first kappa shape index (κ1) is 23.2. The molecule has 0 fully saturated rings. The van der Waals surface area contributed by atoms with Crippen molar-refractivity contribution in [3.05, 3.63) is 54.1 Å². The molecule has 2 aromatic heterocycles. The van der Waals surface area contributed by atoms with E-state index in [1.165, 1.54) is 47.4 Å². The zero-order chi connectivity index (χ0) is 23.6. The van der Waals surface area contributed by atoms with Crippen molar-refractivity contribution in [1.29, 1.82) is 0 Å². The Morgan fingerprint density at radius 3 is 2.47 bits per heavy atom. The van der Waals surface area contributed by atoms with Crippen molar-refractivity contribution in [1.82, 2.24) is 19.5 Å². The van der Waals surface area contributed by atoms with Crippen LogP contribution in [0.15, 0.2) is 47.8 Å². The van der Waals surface area contributed by atoms with Crippen LogP contribution in [0.5, 0.6) is 5.88 Å². The summed E-state index contributed by atoms with van der Waals surface area (Å²) in [4.78, 5) is 16.4. The molecule has 3 rings (SSSR count). The number of aromatic nitrogens is 3. The summed E-state index contributed by atoms with van der Waals surface area (Å²) >= 11 is 0. The molecule has 0 saturated carbocycles.